The largest absolute Gasteiger partial charge is 0.367 e. The second kappa shape index (κ2) is 6.89. The van der Waals surface area contributed by atoms with Gasteiger partial charge in [-0.25, -0.2) is 4.39 Å². The molecule has 30 heavy (non-hydrogen) atoms. The van der Waals surface area contributed by atoms with Gasteiger partial charge in [0.05, 0.1) is 0 Å². The van der Waals surface area contributed by atoms with Gasteiger partial charge < -0.3 is 14.9 Å². The van der Waals surface area contributed by atoms with Crippen LogP contribution in [0.4, 0.5) is 4.39 Å². The Bertz CT molecular complexity index is 1150. The zero-order valence-corrected chi connectivity index (χ0v) is 17.0. The van der Waals surface area contributed by atoms with Crippen LogP contribution in [0.25, 0.3) is 22.2 Å². The number of carbonyl (C=O) groups excluding carboxylic acids is 1. The Labute approximate surface area is 173 Å². The molecule has 1 saturated heterocycles. The van der Waals surface area contributed by atoms with Crippen LogP contribution in [-0.2, 0) is 5.72 Å². The fourth-order valence-electron chi connectivity index (χ4n) is 4.86. The van der Waals surface area contributed by atoms with Crippen molar-refractivity contribution in [2.45, 2.75) is 44.9 Å². The lowest BCUT2D eigenvalue weighted by molar-refractivity contribution is 0.0304. The van der Waals surface area contributed by atoms with E-state index in [2.05, 4.69) is 22.3 Å². The predicted molar refractivity (Wildman–Crippen MR) is 110 cm³/mol. The lowest BCUT2D eigenvalue weighted by atomic mass is 9.86. The summed E-state index contributed by atoms with van der Waals surface area (Å²) in [7, 11) is 0. The minimum absolute atomic E-state index is 0.0595. The third-order valence-electron chi connectivity index (χ3n) is 6.39. The van der Waals surface area contributed by atoms with Crippen LogP contribution in [0.15, 0.2) is 34.9 Å². The smallest absolute Gasteiger partial charge is 0.254 e. The molecule has 1 aromatic heterocycles. The number of aliphatic hydroxyl groups is 1. The normalized spacial score (nSPS) is 22.9. The number of nitrogens with zero attached hydrogens (tertiary/aromatic N) is 2. The van der Waals surface area contributed by atoms with E-state index in [1.807, 2.05) is 6.07 Å². The van der Waals surface area contributed by atoms with Gasteiger partial charge in [0.15, 0.2) is 11.3 Å². The molecule has 2 aliphatic heterocycles. The number of likely N-dealkylation sites (tertiary alicyclic amines) is 1. The monoisotopic (exact) mass is 409 g/mol. The Morgan fingerprint density at radius 2 is 2.00 bits per heavy atom. The molecule has 1 amide bonds. The maximum atomic E-state index is 13.7. The summed E-state index contributed by atoms with van der Waals surface area (Å²) < 4.78 is 19.1. The summed E-state index contributed by atoms with van der Waals surface area (Å²) in [5.74, 6) is -0.735. The maximum absolute atomic E-state index is 13.7. The van der Waals surface area contributed by atoms with E-state index in [1.54, 1.807) is 19.1 Å². The van der Waals surface area contributed by atoms with E-state index in [1.165, 1.54) is 18.6 Å². The number of nitrogens with one attached hydrogen (secondary N) is 1. The van der Waals surface area contributed by atoms with Crippen molar-refractivity contribution in [2.24, 2.45) is 0 Å². The molecule has 2 unspecified atom stereocenters. The summed E-state index contributed by atoms with van der Waals surface area (Å²) in [6.45, 7) is 5.70. The maximum Gasteiger partial charge on any atom is 0.254 e. The summed E-state index contributed by atoms with van der Waals surface area (Å²) in [5.41, 5.74) is 1.86. The lowest BCUT2D eigenvalue weighted by Gasteiger charge is -2.34. The van der Waals surface area contributed by atoms with Crippen molar-refractivity contribution in [3.63, 3.8) is 0 Å². The molecule has 3 aromatic rings. The van der Waals surface area contributed by atoms with Crippen LogP contribution in [0.2, 0.25) is 0 Å². The van der Waals surface area contributed by atoms with Crippen molar-refractivity contribution in [3.8, 4) is 11.3 Å². The number of fused-ring (bicyclic) bond motifs is 2. The Kier molecular flexibility index (Phi) is 4.41. The van der Waals surface area contributed by atoms with E-state index in [4.69, 9.17) is 4.52 Å². The predicted octanol–water partition coefficient (Wildman–Crippen LogP) is 4.09. The molecular weight excluding hydrogens is 385 g/mol. The number of aromatic nitrogens is 1. The molecule has 156 valence electrons. The molecule has 0 radical (unpaired) electrons. The highest BCUT2D eigenvalue weighted by molar-refractivity contribution is 6.04. The second-order valence-corrected chi connectivity index (χ2v) is 8.42. The van der Waals surface area contributed by atoms with E-state index in [-0.39, 0.29) is 11.9 Å². The molecule has 2 aromatic carbocycles. The highest BCUT2D eigenvalue weighted by Gasteiger charge is 2.42. The van der Waals surface area contributed by atoms with Crippen LogP contribution >= 0.6 is 0 Å². The van der Waals surface area contributed by atoms with Gasteiger partial charge in [0.1, 0.15) is 11.5 Å². The van der Waals surface area contributed by atoms with Gasteiger partial charge in [0.2, 0.25) is 0 Å². The van der Waals surface area contributed by atoms with Gasteiger partial charge in [-0.3, -0.25) is 9.69 Å². The molecule has 2 N–H and O–H groups in total. The molecule has 2 atom stereocenters. The molecule has 0 aliphatic carbocycles. The molecular formula is C23H24FN3O3. The van der Waals surface area contributed by atoms with Crippen LogP contribution in [-0.4, -0.2) is 34.2 Å². The van der Waals surface area contributed by atoms with Gasteiger partial charge in [-0.2, -0.15) is 0 Å². The van der Waals surface area contributed by atoms with Gasteiger partial charge >= 0.3 is 0 Å². The molecule has 0 spiro atoms. The number of rotatable bonds is 3. The Morgan fingerprint density at radius 1 is 1.23 bits per heavy atom. The first-order chi connectivity index (χ1) is 14.4. The zero-order valence-electron chi connectivity index (χ0n) is 17.0. The van der Waals surface area contributed by atoms with Crippen LogP contribution in [0, 0.1) is 5.82 Å². The number of hydrogen-bond acceptors (Lipinski definition) is 5. The minimum atomic E-state index is -1.54. The van der Waals surface area contributed by atoms with Crippen LogP contribution in [0.5, 0.6) is 0 Å². The molecule has 7 heteroatoms. The van der Waals surface area contributed by atoms with E-state index < -0.39 is 11.5 Å². The highest BCUT2D eigenvalue weighted by atomic mass is 19.1. The van der Waals surface area contributed by atoms with Crippen molar-refractivity contribution < 1.29 is 18.8 Å². The van der Waals surface area contributed by atoms with Crippen LogP contribution in [0.3, 0.4) is 0 Å². The fourth-order valence-corrected chi connectivity index (χ4v) is 4.86. The van der Waals surface area contributed by atoms with E-state index >= 15 is 0 Å². The second-order valence-electron chi connectivity index (χ2n) is 8.42. The number of halogens is 1. The van der Waals surface area contributed by atoms with Crippen molar-refractivity contribution in [3.05, 3.63) is 52.8 Å². The standard InChI is InChI=1S/C23H24FN3O3/c1-13(27-10-4-3-5-11-27)15-8-9-17-20(23(2,29)25-22(17)28)19(15)21-16-7-6-14(24)12-18(16)30-26-21/h6-9,12-13,29H,3-5,10-11H2,1-2H3,(H,25,28). The Hall–Kier alpha value is -2.77. The number of amides is 1. The summed E-state index contributed by atoms with van der Waals surface area (Å²) in [5, 5.41) is 18.6. The van der Waals surface area contributed by atoms with Crippen molar-refractivity contribution in [1.82, 2.24) is 15.4 Å². The molecule has 6 nitrogen and oxygen atoms in total. The summed E-state index contributed by atoms with van der Waals surface area (Å²) in [6.07, 6.45) is 3.52. The van der Waals surface area contributed by atoms with Crippen LogP contribution < -0.4 is 5.32 Å². The zero-order chi connectivity index (χ0) is 21.0. The first-order valence-electron chi connectivity index (χ1n) is 10.4. The number of hydrogen-bond donors (Lipinski definition) is 2. The minimum Gasteiger partial charge on any atom is -0.367 e. The highest BCUT2D eigenvalue weighted by Crippen LogP contribution is 2.44. The molecule has 3 heterocycles. The SMILES string of the molecule is CC(c1ccc2c(c1-c1noc3cc(F)ccc13)C(C)(O)NC2=O)N1CCCCC1. The third kappa shape index (κ3) is 2.92. The number of piperidine rings is 1. The van der Waals surface area contributed by atoms with Gasteiger partial charge in [-0.05, 0) is 63.5 Å². The third-order valence-corrected chi connectivity index (χ3v) is 6.39. The molecule has 1 fully saturated rings. The first kappa shape index (κ1) is 19.2. The summed E-state index contributed by atoms with van der Waals surface area (Å²) in [6, 6.07) is 8.06. The fraction of sp³-hybridized carbons (Fsp3) is 0.391. The van der Waals surface area contributed by atoms with Gasteiger partial charge in [-0.15, -0.1) is 0 Å². The molecule has 5 rings (SSSR count). The van der Waals surface area contributed by atoms with Gasteiger partial charge in [-0.1, -0.05) is 17.6 Å². The quantitative estimate of drug-likeness (QED) is 0.681. The average Bonchev–Trinajstić information content (AvgIpc) is 3.25. The van der Waals surface area contributed by atoms with E-state index in [0.717, 1.165) is 31.5 Å². The first-order valence-corrected chi connectivity index (χ1v) is 10.4. The van der Waals surface area contributed by atoms with Gasteiger partial charge in [0.25, 0.3) is 5.91 Å². The lowest BCUT2D eigenvalue weighted by Crippen LogP contribution is -2.36. The topological polar surface area (TPSA) is 78.6 Å². The Balaban J connectivity index is 1.77. The van der Waals surface area contributed by atoms with Crippen molar-refractivity contribution in [2.75, 3.05) is 13.1 Å². The summed E-state index contributed by atoms with van der Waals surface area (Å²) >= 11 is 0. The van der Waals surface area contributed by atoms with Crippen molar-refractivity contribution in [1.29, 1.82) is 0 Å². The van der Waals surface area contributed by atoms with E-state index in [0.29, 0.717) is 33.4 Å². The van der Waals surface area contributed by atoms with Gasteiger partial charge in [0, 0.05) is 34.2 Å². The molecule has 0 saturated carbocycles. The molecule has 0 bridgehead atoms. The van der Waals surface area contributed by atoms with E-state index in [9.17, 15) is 14.3 Å². The van der Waals surface area contributed by atoms with Crippen molar-refractivity contribution >= 4 is 16.9 Å². The summed E-state index contributed by atoms with van der Waals surface area (Å²) in [4.78, 5) is 14.9. The molecule has 2 aliphatic rings. The number of carbonyl (C=O) groups is 1. The Morgan fingerprint density at radius 3 is 2.77 bits per heavy atom. The number of benzene rings is 2. The van der Waals surface area contributed by atoms with Crippen LogP contribution in [0.1, 0.15) is 60.6 Å². The average molecular weight is 409 g/mol.